The van der Waals surface area contributed by atoms with E-state index in [2.05, 4.69) is 32.1 Å². The lowest BCUT2D eigenvalue weighted by Crippen LogP contribution is -2.47. The quantitative estimate of drug-likeness (QED) is 0.882. The third-order valence-corrected chi connectivity index (χ3v) is 4.07. The van der Waals surface area contributed by atoms with E-state index in [1.165, 1.54) is 6.33 Å². The van der Waals surface area contributed by atoms with Crippen molar-refractivity contribution < 1.29 is 9.53 Å². The van der Waals surface area contributed by atoms with E-state index in [1.807, 2.05) is 12.1 Å². The smallest absolute Gasteiger partial charge is 0.269 e. The molecule has 1 N–H and O–H groups in total. The van der Waals surface area contributed by atoms with Gasteiger partial charge in [0.2, 0.25) is 0 Å². The minimum Gasteiger partial charge on any atom is -0.379 e. The molecule has 0 spiro atoms. The van der Waals surface area contributed by atoms with Crippen LogP contribution in [0.4, 0.5) is 0 Å². The average Bonchev–Trinajstić information content (AvgIpc) is 2.67. The molecular weight excluding hydrogens is 306 g/mol. The molecule has 126 valence electrons. The maximum absolute atomic E-state index is 12.4. The van der Waals surface area contributed by atoms with Crippen molar-refractivity contribution in [2.24, 2.45) is 0 Å². The SMILES string of the molecule is C[C@H](CNC(=O)c1cccc(-c2cncnc2)n1)N1CCOCC1. The lowest BCUT2D eigenvalue weighted by molar-refractivity contribution is 0.0204. The average molecular weight is 327 g/mol. The Morgan fingerprint density at radius 3 is 2.79 bits per heavy atom. The van der Waals surface area contributed by atoms with E-state index in [1.54, 1.807) is 18.5 Å². The van der Waals surface area contributed by atoms with Gasteiger partial charge in [0.15, 0.2) is 0 Å². The highest BCUT2D eigenvalue weighted by Crippen LogP contribution is 2.14. The molecule has 0 radical (unpaired) electrons. The van der Waals surface area contributed by atoms with Crippen molar-refractivity contribution in [3.63, 3.8) is 0 Å². The molecule has 24 heavy (non-hydrogen) atoms. The van der Waals surface area contributed by atoms with Crippen LogP contribution in [0.1, 0.15) is 17.4 Å². The van der Waals surface area contributed by atoms with Crippen LogP contribution in [-0.4, -0.2) is 64.6 Å². The standard InChI is InChI=1S/C17H21N5O2/c1-13(22-5-7-24-8-6-22)9-20-17(23)16-4-2-3-15(21-16)14-10-18-12-19-11-14/h2-4,10-13H,5-9H2,1H3,(H,20,23)/t13-/m1/s1. The number of rotatable bonds is 5. The van der Waals surface area contributed by atoms with Gasteiger partial charge in [0.25, 0.3) is 5.91 Å². The van der Waals surface area contributed by atoms with E-state index in [0.717, 1.165) is 31.9 Å². The summed E-state index contributed by atoms with van der Waals surface area (Å²) in [7, 11) is 0. The van der Waals surface area contributed by atoms with Gasteiger partial charge in [0.05, 0.1) is 18.9 Å². The highest BCUT2D eigenvalue weighted by atomic mass is 16.5. The number of morpholine rings is 1. The summed E-state index contributed by atoms with van der Waals surface area (Å²) in [5, 5.41) is 2.96. The summed E-state index contributed by atoms with van der Waals surface area (Å²) in [5.74, 6) is -0.172. The van der Waals surface area contributed by atoms with Gasteiger partial charge in [0, 0.05) is 43.6 Å². The van der Waals surface area contributed by atoms with Crippen LogP contribution >= 0.6 is 0 Å². The summed E-state index contributed by atoms with van der Waals surface area (Å²) in [6.07, 6.45) is 4.82. The summed E-state index contributed by atoms with van der Waals surface area (Å²) in [5.41, 5.74) is 1.86. The second-order valence-electron chi connectivity index (χ2n) is 5.74. The monoisotopic (exact) mass is 327 g/mol. The molecule has 0 aliphatic carbocycles. The number of hydrogen-bond acceptors (Lipinski definition) is 6. The van der Waals surface area contributed by atoms with Crippen molar-refractivity contribution in [3.8, 4) is 11.3 Å². The van der Waals surface area contributed by atoms with Crippen molar-refractivity contribution in [2.45, 2.75) is 13.0 Å². The van der Waals surface area contributed by atoms with Crippen molar-refractivity contribution in [2.75, 3.05) is 32.8 Å². The summed E-state index contributed by atoms with van der Waals surface area (Å²) in [6.45, 7) is 6.00. The van der Waals surface area contributed by atoms with Gasteiger partial charge in [-0.1, -0.05) is 6.07 Å². The fraction of sp³-hybridized carbons (Fsp3) is 0.412. The number of pyridine rings is 1. The van der Waals surface area contributed by atoms with E-state index in [9.17, 15) is 4.79 Å². The molecule has 1 aliphatic rings. The van der Waals surface area contributed by atoms with Crippen molar-refractivity contribution in [1.29, 1.82) is 0 Å². The van der Waals surface area contributed by atoms with Crippen LogP contribution in [0.15, 0.2) is 36.9 Å². The van der Waals surface area contributed by atoms with E-state index >= 15 is 0 Å². The second kappa shape index (κ2) is 7.94. The third kappa shape index (κ3) is 4.12. The van der Waals surface area contributed by atoms with E-state index in [-0.39, 0.29) is 11.9 Å². The van der Waals surface area contributed by atoms with Crippen LogP contribution in [0.2, 0.25) is 0 Å². The number of nitrogens with zero attached hydrogens (tertiary/aromatic N) is 4. The highest BCUT2D eigenvalue weighted by Gasteiger charge is 2.18. The first kappa shape index (κ1) is 16.5. The van der Waals surface area contributed by atoms with E-state index in [0.29, 0.717) is 17.9 Å². The van der Waals surface area contributed by atoms with Crippen molar-refractivity contribution >= 4 is 5.91 Å². The first-order chi connectivity index (χ1) is 11.7. The molecule has 1 saturated heterocycles. The number of amides is 1. The van der Waals surface area contributed by atoms with Gasteiger partial charge in [-0.2, -0.15) is 0 Å². The number of ether oxygens (including phenoxy) is 1. The summed E-state index contributed by atoms with van der Waals surface area (Å²) in [6, 6.07) is 5.63. The molecule has 7 nitrogen and oxygen atoms in total. The van der Waals surface area contributed by atoms with Gasteiger partial charge in [-0.3, -0.25) is 9.69 Å². The molecular formula is C17H21N5O2. The predicted octanol–water partition coefficient (Wildman–Crippen LogP) is 0.989. The number of carbonyl (C=O) groups is 1. The Bertz CT molecular complexity index is 674. The number of aromatic nitrogens is 3. The largest absolute Gasteiger partial charge is 0.379 e. The Hall–Kier alpha value is -2.38. The van der Waals surface area contributed by atoms with Gasteiger partial charge in [-0.15, -0.1) is 0 Å². The topological polar surface area (TPSA) is 80.2 Å². The first-order valence-electron chi connectivity index (χ1n) is 8.06. The molecule has 3 heterocycles. The molecule has 1 amide bonds. The van der Waals surface area contributed by atoms with Crippen LogP contribution in [0.25, 0.3) is 11.3 Å². The lowest BCUT2D eigenvalue weighted by atomic mass is 10.2. The van der Waals surface area contributed by atoms with Gasteiger partial charge >= 0.3 is 0 Å². The molecule has 1 aliphatic heterocycles. The molecule has 3 rings (SSSR count). The molecule has 7 heteroatoms. The van der Waals surface area contributed by atoms with Gasteiger partial charge < -0.3 is 10.1 Å². The summed E-state index contributed by atoms with van der Waals surface area (Å²) in [4.78, 5) is 27.0. The van der Waals surface area contributed by atoms with E-state index < -0.39 is 0 Å². The molecule has 1 atom stereocenters. The zero-order chi connectivity index (χ0) is 16.8. The Labute approximate surface area is 141 Å². The Balaban J connectivity index is 1.61. The second-order valence-corrected chi connectivity index (χ2v) is 5.74. The molecule has 2 aromatic heterocycles. The first-order valence-corrected chi connectivity index (χ1v) is 8.06. The molecule has 0 bridgehead atoms. The van der Waals surface area contributed by atoms with Crippen LogP contribution in [0, 0.1) is 0 Å². The van der Waals surface area contributed by atoms with Crippen LogP contribution in [0.3, 0.4) is 0 Å². The third-order valence-electron chi connectivity index (χ3n) is 4.07. The molecule has 0 unspecified atom stereocenters. The van der Waals surface area contributed by atoms with Gasteiger partial charge in [-0.25, -0.2) is 15.0 Å². The normalized spacial score (nSPS) is 16.5. The number of hydrogen-bond donors (Lipinski definition) is 1. The minimum atomic E-state index is -0.172. The zero-order valence-corrected chi connectivity index (χ0v) is 13.7. The Morgan fingerprint density at radius 1 is 1.29 bits per heavy atom. The fourth-order valence-electron chi connectivity index (χ4n) is 2.63. The van der Waals surface area contributed by atoms with E-state index in [4.69, 9.17) is 4.74 Å². The minimum absolute atomic E-state index is 0.172. The van der Waals surface area contributed by atoms with Crippen molar-refractivity contribution in [1.82, 2.24) is 25.2 Å². The Kier molecular flexibility index (Phi) is 5.45. The highest BCUT2D eigenvalue weighted by molar-refractivity contribution is 5.92. The van der Waals surface area contributed by atoms with Gasteiger partial charge in [0.1, 0.15) is 12.0 Å². The van der Waals surface area contributed by atoms with Crippen LogP contribution < -0.4 is 5.32 Å². The predicted molar refractivity (Wildman–Crippen MR) is 89.5 cm³/mol. The maximum atomic E-state index is 12.4. The number of carbonyl (C=O) groups excluding carboxylic acids is 1. The van der Waals surface area contributed by atoms with Crippen molar-refractivity contribution in [3.05, 3.63) is 42.6 Å². The number of nitrogens with one attached hydrogen (secondary N) is 1. The van der Waals surface area contributed by atoms with Crippen LogP contribution in [0.5, 0.6) is 0 Å². The fourth-order valence-corrected chi connectivity index (χ4v) is 2.63. The zero-order valence-electron chi connectivity index (χ0n) is 13.7. The maximum Gasteiger partial charge on any atom is 0.269 e. The molecule has 0 saturated carbocycles. The molecule has 0 aromatic carbocycles. The summed E-state index contributed by atoms with van der Waals surface area (Å²) < 4.78 is 5.35. The molecule has 2 aromatic rings. The Morgan fingerprint density at radius 2 is 2.04 bits per heavy atom. The summed E-state index contributed by atoms with van der Waals surface area (Å²) >= 11 is 0. The van der Waals surface area contributed by atoms with Gasteiger partial charge in [-0.05, 0) is 19.1 Å². The van der Waals surface area contributed by atoms with Crippen LogP contribution in [-0.2, 0) is 4.74 Å². The molecule has 1 fully saturated rings. The lowest BCUT2D eigenvalue weighted by Gasteiger charge is -2.32.